The summed E-state index contributed by atoms with van der Waals surface area (Å²) in [5.74, 6) is -1.06. The average Bonchev–Trinajstić information content (AvgIpc) is 3.53. The molecule has 0 aliphatic heterocycles. The second-order valence-electron chi connectivity index (χ2n) is 12.5. The molecule has 1 unspecified atom stereocenters. The normalized spacial score (nSPS) is 13.8. The number of nitrogens with one attached hydrogen (secondary N) is 4. The van der Waals surface area contributed by atoms with E-state index in [1.807, 2.05) is 74.9 Å². The van der Waals surface area contributed by atoms with Crippen LogP contribution in [0.5, 0.6) is 0 Å². The minimum absolute atomic E-state index is 0.0589. The van der Waals surface area contributed by atoms with E-state index >= 15 is 0 Å². The standard InChI is InChI=1S/C33H45N5O5S2/c1-22(25-13-14-44-20-25)36-31(40)26-16-27(18-29(17-26)38(6)45(7,42)43)32(41)37-28(15-24-11-9-8-10-12-24)19-34-23(2)30(39)35-21-33(3,4)5/h8-14,16-18,20,22-23,28,34H,15,19,21H2,1-7H3,(H,35,39)(H,36,40)(H,37,41)/t22?,23-,28-/m0/s1. The summed E-state index contributed by atoms with van der Waals surface area (Å²) < 4.78 is 25.8. The number of carbonyl (C=O) groups is 3. The summed E-state index contributed by atoms with van der Waals surface area (Å²) in [6, 6.07) is 14.7. The molecule has 3 amide bonds. The highest BCUT2D eigenvalue weighted by atomic mass is 32.2. The Bertz CT molecular complexity index is 1550. The largest absolute Gasteiger partial charge is 0.354 e. The van der Waals surface area contributed by atoms with Gasteiger partial charge in [0.2, 0.25) is 15.9 Å². The zero-order valence-corrected chi connectivity index (χ0v) is 28.6. The van der Waals surface area contributed by atoms with Crippen molar-refractivity contribution in [1.29, 1.82) is 0 Å². The predicted octanol–water partition coefficient (Wildman–Crippen LogP) is 4.12. The molecule has 0 radical (unpaired) electrons. The monoisotopic (exact) mass is 655 g/mol. The van der Waals surface area contributed by atoms with Crippen LogP contribution in [0.1, 0.15) is 72.5 Å². The first-order valence-electron chi connectivity index (χ1n) is 14.8. The molecule has 0 fully saturated rings. The molecule has 1 aromatic heterocycles. The molecule has 3 rings (SSSR count). The minimum atomic E-state index is -3.68. The van der Waals surface area contributed by atoms with E-state index in [1.165, 1.54) is 36.6 Å². The van der Waals surface area contributed by atoms with Crippen molar-refractivity contribution < 1.29 is 22.8 Å². The molecule has 4 N–H and O–H groups in total. The summed E-state index contributed by atoms with van der Waals surface area (Å²) in [6.07, 6.45) is 1.53. The van der Waals surface area contributed by atoms with Crippen LogP contribution in [0.4, 0.5) is 5.69 Å². The number of thiophene rings is 1. The number of nitrogens with zero attached hydrogens (tertiary/aromatic N) is 1. The molecule has 1 heterocycles. The molecule has 0 spiro atoms. The molecule has 3 atom stereocenters. The Balaban J connectivity index is 1.86. The average molecular weight is 656 g/mol. The number of carbonyl (C=O) groups excluding carboxylic acids is 3. The molecule has 2 aromatic carbocycles. The molecule has 0 bridgehead atoms. The first-order chi connectivity index (χ1) is 21.0. The van der Waals surface area contributed by atoms with Gasteiger partial charge in [-0.25, -0.2) is 8.42 Å². The van der Waals surface area contributed by atoms with Crippen LogP contribution in [0.25, 0.3) is 0 Å². The van der Waals surface area contributed by atoms with Crippen molar-refractivity contribution >= 4 is 44.8 Å². The third-order valence-electron chi connectivity index (χ3n) is 7.21. The van der Waals surface area contributed by atoms with Crippen molar-refractivity contribution in [1.82, 2.24) is 21.3 Å². The summed E-state index contributed by atoms with van der Waals surface area (Å²) in [6.45, 7) is 10.6. The van der Waals surface area contributed by atoms with Gasteiger partial charge in [-0.05, 0) is 71.8 Å². The lowest BCUT2D eigenvalue weighted by Crippen LogP contribution is -2.50. The van der Waals surface area contributed by atoms with Crippen molar-refractivity contribution in [3.63, 3.8) is 0 Å². The maximum absolute atomic E-state index is 13.7. The van der Waals surface area contributed by atoms with Gasteiger partial charge in [0, 0.05) is 37.3 Å². The summed E-state index contributed by atoms with van der Waals surface area (Å²) in [7, 11) is -2.31. The van der Waals surface area contributed by atoms with E-state index in [0.717, 1.165) is 21.7 Å². The van der Waals surface area contributed by atoms with Gasteiger partial charge in [0.15, 0.2) is 0 Å². The van der Waals surface area contributed by atoms with Gasteiger partial charge in [0.1, 0.15) is 0 Å². The number of amides is 3. The number of sulfonamides is 1. The maximum atomic E-state index is 13.7. The van der Waals surface area contributed by atoms with E-state index in [0.29, 0.717) is 19.5 Å². The van der Waals surface area contributed by atoms with E-state index < -0.39 is 33.9 Å². The number of rotatable bonds is 14. The number of hydrogen-bond donors (Lipinski definition) is 4. The highest BCUT2D eigenvalue weighted by molar-refractivity contribution is 7.92. The first kappa shape index (κ1) is 35.7. The second kappa shape index (κ2) is 15.5. The van der Waals surface area contributed by atoms with E-state index in [2.05, 4.69) is 21.3 Å². The van der Waals surface area contributed by atoms with Gasteiger partial charge >= 0.3 is 0 Å². The van der Waals surface area contributed by atoms with Crippen molar-refractivity contribution in [2.45, 2.75) is 59.2 Å². The molecule has 0 saturated carbocycles. The molecular weight excluding hydrogens is 611 g/mol. The second-order valence-corrected chi connectivity index (χ2v) is 15.3. The highest BCUT2D eigenvalue weighted by Crippen LogP contribution is 2.23. The highest BCUT2D eigenvalue weighted by Gasteiger charge is 2.23. The SMILES string of the molecule is CC(NC(=O)c1cc(C(=O)N[C@H](CN[C@@H](C)C(=O)NCC(C)(C)C)Cc2ccccc2)cc(N(C)S(C)(=O)=O)c1)c1ccsc1. The summed E-state index contributed by atoms with van der Waals surface area (Å²) >= 11 is 1.52. The van der Waals surface area contributed by atoms with Gasteiger partial charge in [-0.1, -0.05) is 51.1 Å². The fraction of sp³-hybridized carbons (Fsp3) is 0.424. The Morgan fingerprint density at radius 3 is 2.11 bits per heavy atom. The maximum Gasteiger partial charge on any atom is 0.251 e. The van der Waals surface area contributed by atoms with Gasteiger partial charge < -0.3 is 21.3 Å². The van der Waals surface area contributed by atoms with Crippen LogP contribution < -0.4 is 25.6 Å². The van der Waals surface area contributed by atoms with E-state index in [9.17, 15) is 22.8 Å². The quantitative estimate of drug-likeness (QED) is 0.206. The van der Waals surface area contributed by atoms with Crippen LogP contribution in [0.2, 0.25) is 0 Å². The molecule has 0 saturated heterocycles. The molecule has 0 aliphatic carbocycles. The third-order valence-corrected chi connectivity index (χ3v) is 9.12. The molecule has 244 valence electrons. The predicted molar refractivity (Wildman–Crippen MR) is 181 cm³/mol. The van der Waals surface area contributed by atoms with Crippen LogP contribution >= 0.6 is 11.3 Å². The van der Waals surface area contributed by atoms with Crippen molar-refractivity contribution in [2.75, 3.05) is 30.7 Å². The van der Waals surface area contributed by atoms with Crippen molar-refractivity contribution in [3.8, 4) is 0 Å². The summed E-state index contributed by atoms with van der Waals surface area (Å²) in [5, 5.41) is 16.0. The molecular formula is C33H45N5O5S2. The van der Waals surface area contributed by atoms with Gasteiger partial charge in [-0.3, -0.25) is 18.7 Å². The van der Waals surface area contributed by atoms with Gasteiger partial charge in [-0.2, -0.15) is 11.3 Å². The van der Waals surface area contributed by atoms with Crippen LogP contribution in [-0.2, 0) is 21.2 Å². The van der Waals surface area contributed by atoms with Crippen molar-refractivity contribution in [3.05, 3.63) is 87.6 Å². The third kappa shape index (κ3) is 11.3. The van der Waals surface area contributed by atoms with E-state index in [4.69, 9.17) is 0 Å². The minimum Gasteiger partial charge on any atom is -0.354 e. The van der Waals surface area contributed by atoms with Crippen LogP contribution in [0, 0.1) is 5.41 Å². The molecule has 12 heteroatoms. The molecule has 3 aromatic rings. The fourth-order valence-electron chi connectivity index (χ4n) is 4.39. The molecule has 0 aliphatic rings. The number of hydrogen-bond acceptors (Lipinski definition) is 7. The van der Waals surface area contributed by atoms with Gasteiger partial charge in [0.25, 0.3) is 11.8 Å². The van der Waals surface area contributed by atoms with Crippen LogP contribution in [0.3, 0.4) is 0 Å². The summed E-state index contributed by atoms with van der Waals surface area (Å²) in [4.78, 5) is 39.7. The number of anilines is 1. The topological polar surface area (TPSA) is 137 Å². The molecule has 10 nitrogen and oxygen atoms in total. The van der Waals surface area contributed by atoms with E-state index in [-0.39, 0.29) is 34.2 Å². The number of benzene rings is 2. The first-order valence-corrected chi connectivity index (χ1v) is 17.6. The lowest BCUT2D eigenvalue weighted by Gasteiger charge is -2.24. The van der Waals surface area contributed by atoms with Crippen LogP contribution in [0.15, 0.2) is 65.4 Å². The lowest BCUT2D eigenvalue weighted by molar-refractivity contribution is -0.123. The molecule has 45 heavy (non-hydrogen) atoms. The fourth-order valence-corrected chi connectivity index (χ4v) is 5.63. The zero-order chi connectivity index (χ0) is 33.4. The summed E-state index contributed by atoms with van der Waals surface area (Å²) in [5.41, 5.74) is 2.33. The Morgan fingerprint density at radius 1 is 0.933 bits per heavy atom. The van der Waals surface area contributed by atoms with Crippen LogP contribution in [-0.4, -0.2) is 64.6 Å². The lowest BCUT2D eigenvalue weighted by atomic mass is 9.97. The smallest absolute Gasteiger partial charge is 0.251 e. The Labute approximate surface area is 271 Å². The Kier molecular flexibility index (Phi) is 12.3. The van der Waals surface area contributed by atoms with Crippen molar-refractivity contribution in [2.24, 2.45) is 5.41 Å². The van der Waals surface area contributed by atoms with Gasteiger partial charge in [-0.15, -0.1) is 0 Å². The zero-order valence-electron chi connectivity index (χ0n) is 27.0. The Morgan fingerprint density at radius 2 is 1.56 bits per heavy atom. The van der Waals surface area contributed by atoms with E-state index in [1.54, 1.807) is 6.92 Å². The van der Waals surface area contributed by atoms with Gasteiger partial charge in [0.05, 0.1) is 24.0 Å². The Hall–Kier alpha value is -3.74.